The molecule has 13 heteroatoms. The van der Waals surface area contributed by atoms with E-state index in [1.54, 1.807) is 0 Å². The molecule has 0 heterocycles. The minimum absolute atomic E-state index is 0. The first kappa shape index (κ1) is 36.9. The van der Waals surface area contributed by atoms with E-state index in [0.29, 0.717) is 0 Å². The van der Waals surface area contributed by atoms with Gasteiger partial charge >= 0.3 is 56.1 Å². The quantitative estimate of drug-likeness (QED) is 0.354. The second kappa shape index (κ2) is 21.5. The van der Waals surface area contributed by atoms with Crippen LogP contribution in [-0.2, 0) is 32.7 Å². The predicted molar refractivity (Wildman–Crippen MR) is 63.7 cm³/mol. The van der Waals surface area contributed by atoms with E-state index in [-0.39, 0.29) is 46.0 Å². The van der Waals surface area contributed by atoms with Crippen molar-refractivity contribution >= 4 is 32.5 Å². The first-order valence-corrected chi connectivity index (χ1v) is 5.28. The van der Waals surface area contributed by atoms with Crippen molar-refractivity contribution in [3.8, 4) is 0 Å². The number of hydrogen-bond acceptors (Lipinski definition) is 8. The molecular weight excluding hydrogens is 326 g/mol. The first-order chi connectivity index (χ1) is 7.65. The van der Waals surface area contributed by atoms with Crippen molar-refractivity contribution in [2.24, 2.45) is 0 Å². The van der Waals surface area contributed by atoms with E-state index in [1.807, 2.05) is 0 Å². The normalized spacial score (nSPS) is 6.90. The average Bonchev–Trinajstić information content (AvgIpc) is 1.96. The SMILES string of the molecule is CC(=O)OP(OC(C)=O)OC(C)=O.CC(=O)[O-].O.O.O.[Na+]. The van der Waals surface area contributed by atoms with Gasteiger partial charge in [0, 0.05) is 26.7 Å². The van der Waals surface area contributed by atoms with Gasteiger partial charge in [-0.05, 0) is 6.92 Å². The van der Waals surface area contributed by atoms with E-state index in [0.717, 1.165) is 27.7 Å². The fraction of sp³-hybridized carbons (Fsp3) is 0.500. The van der Waals surface area contributed by atoms with Gasteiger partial charge in [-0.15, -0.1) is 0 Å². The minimum Gasteiger partial charge on any atom is -0.550 e. The second-order valence-corrected chi connectivity index (χ2v) is 3.46. The molecule has 0 atom stereocenters. The molecule has 0 saturated carbocycles. The zero-order valence-corrected chi connectivity index (χ0v) is 15.1. The fourth-order valence-corrected chi connectivity index (χ4v) is 1.11. The molecular formula is C8H18NaO11P. The molecule has 0 fully saturated rings. The molecule has 0 bridgehead atoms. The van der Waals surface area contributed by atoms with E-state index >= 15 is 0 Å². The topological polar surface area (TPSA) is 214 Å². The van der Waals surface area contributed by atoms with E-state index in [9.17, 15) is 14.4 Å². The van der Waals surface area contributed by atoms with Gasteiger partial charge in [-0.25, -0.2) is 0 Å². The third-order valence-corrected chi connectivity index (χ3v) is 1.83. The smallest absolute Gasteiger partial charge is 0.550 e. The van der Waals surface area contributed by atoms with Crippen molar-refractivity contribution in [3.63, 3.8) is 0 Å². The van der Waals surface area contributed by atoms with Gasteiger partial charge in [-0.3, -0.25) is 14.4 Å². The molecule has 0 aliphatic heterocycles. The van der Waals surface area contributed by atoms with Crippen LogP contribution in [-0.4, -0.2) is 40.3 Å². The number of carboxylic acid groups (broad SMARTS) is 1. The maximum Gasteiger partial charge on any atom is 1.00 e. The van der Waals surface area contributed by atoms with Crippen LogP contribution in [0.5, 0.6) is 0 Å². The first-order valence-electron chi connectivity index (χ1n) is 4.18. The van der Waals surface area contributed by atoms with Crippen LogP contribution < -0.4 is 34.7 Å². The van der Waals surface area contributed by atoms with Gasteiger partial charge in [0.25, 0.3) is 0 Å². The summed E-state index contributed by atoms with van der Waals surface area (Å²) in [5.41, 5.74) is 0. The van der Waals surface area contributed by atoms with Crippen molar-refractivity contribution < 1.29 is 83.8 Å². The Morgan fingerprint density at radius 2 is 0.857 bits per heavy atom. The molecule has 0 aromatic rings. The molecule has 21 heavy (non-hydrogen) atoms. The summed E-state index contributed by atoms with van der Waals surface area (Å²) in [6.45, 7) is 4.31. The summed E-state index contributed by atoms with van der Waals surface area (Å²) in [6.07, 6.45) is 0. The molecule has 122 valence electrons. The Bertz CT molecular complexity index is 267. The Balaban J connectivity index is -0.0000000629. The number of carbonyl (C=O) groups is 4. The maximum absolute atomic E-state index is 10.4. The van der Waals surface area contributed by atoms with Crippen molar-refractivity contribution in [2.45, 2.75) is 27.7 Å². The fourth-order valence-electron chi connectivity index (χ4n) is 0.371. The maximum atomic E-state index is 10.4. The predicted octanol–water partition coefficient (Wildman–Crippen LogP) is -5.81. The van der Waals surface area contributed by atoms with E-state index < -0.39 is 32.5 Å². The van der Waals surface area contributed by atoms with Crippen molar-refractivity contribution in [1.29, 1.82) is 0 Å². The number of aliphatic carboxylic acids is 1. The second-order valence-electron chi connectivity index (χ2n) is 2.46. The Kier molecular flexibility index (Phi) is 37.8. The molecule has 0 spiro atoms. The summed E-state index contributed by atoms with van der Waals surface area (Å²) in [5.74, 6) is -3.14. The third kappa shape index (κ3) is 45.3. The average molecular weight is 344 g/mol. The summed E-state index contributed by atoms with van der Waals surface area (Å²) in [6, 6.07) is 0. The van der Waals surface area contributed by atoms with Crippen molar-refractivity contribution in [3.05, 3.63) is 0 Å². The van der Waals surface area contributed by atoms with Gasteiger partial charge in [0.2, 0.25) is 0 Å². The largest absolute Gasteiger partial charge is 1.00 e. The molecule has 0 amide bonds. The summed E-state index contributed by atoms with van der Waals surface area (Å²) in [4.78, 5) is 40.2. The minimum atomic E-state index is -2.23. The van der Waals surface area contributed by atoms with E-state index in [4.69, 9.17) is 9.90 Å². The molecule has 0 aliphatic rings. The van der Waals surface area contributed by atoms with Gasteiger partial charge in [0.15, 0.2) is 0 Å². The summed E-state index contributed by atoms with van der Waals surface area (Å²) >= 11 is 0. The summed E-state index contributed by atoms with van der Waals surface area (Å²) in [7, 11) is -2.23. The standard InChI is InChI=1S/C6H9O6P.C2H4O2.Na.3H2O/c1-4(7)10-13(11-5(2)8)12-6(3)9;1-2(3)4;;;;/h1-3H3;1H3,(H,3,4);;3*1H2/q;;+1;;;/p-1. The van der Waals surface area contributed by atoms with Crippen molar-refractivity contribution in [2.75, 3.05) is 0 Å². The van der Waals surface area contributed by atoms with Crippen LogP contribution in [0.15, 0.2) is 0 Å². The summed E-state index contributed by atoms with van der Waals surface area (Å²) in [5, 5.41) is 8.89. The Labute approximate surface area is 144 Å². The van der Waals surface area contributed by atoms with Crippen molar-refractivity contribution in [1.82, 2.24) is 0 Å². The van der Waals surface area contributed by atoms with Crippen LogP contribution in [0.3, 0.4) is 0 Å². The zero-order chi connectivity index (χ0) is 14.0. The third-order valence-electron chi connectivity index (χ3n) is 0.609. The van der Waals surface area contributed by atoms with Crippen LogP contribution in [0, 0.1) is 0 Å². The molecule has 0 radical (unpaired) electrons. The molecule has 0 rings (SSSR count). The van der Waals surface area contributed by atoms with E-state index in [1.165, 1.54) is 0 Å². The van der Waals surface area contributed by atoms with E-state index in [2.05, 4.69) is 13.6 Å². The monoisotopic (exact) mass is 344 g/mol. The van der Waals surface area contributed by atoms with Gasteiger partial charge in [0.1, 0.15) is 0 Å². The Morgan fingerprint density at radius 1 is 0.714 bits per heavy atom. The number of hydrogen-bond donors (Lipinski definition) is 0. The molecule has 0 unspecified atom stereocenters. The number of rotatable bonds is 3. The molecule has 6 N–H and O–H groups in total. The number of carboxylic acids is 1. The van der Waals surface area contributed by atoms with Crippen LogP contribution in [0.4, 0.5) is 0 Å². The Hall–Kier alpha value is -0.810. The molecule has 0 aromatic carbocycles. The van der Waals surface area contributed by atoms with Crippen LogP contribution in [0.2, 0.25) is 0 Å². The van der Waals surface area contributed by atoms with Gasteiger partial charge in [-0.2, -0.15) is 0 Å². The molecule has 11 nitrogen and oxygen atoms in total. The van der Waals surface area contributed by atoms with Crippen LogP contribution in [0.1, 0.15) is 27.7 Å². The van der Waals surface area contributed by atoms with Gasteiger partial charge in [0.05, 0.1) is 0 Å². The summed E-state index contributed by atoms with van der Waals surface area (Å²) < 4.78 is 13.2. The number of carbonyl (C=O) groups excluding carboxylic acids is 4. The molecule has 0 saturated heterocycles. The van der Waals surface area contributed by atoms with Crippen LogP contribution in [0.25, 0.3) is 0 Å². The van der Waals surface area contributed by atoms with Gasteiger partial charge in [-0.1, -0.05) is 0 Å². The molecule has 0 aromatic heterocycles. The zero-order valence-electron chi connectivity index (χ0n) is 12.2. The molecule has 0 aliphatic carbocycles. The van der Waals surface area contributed by atoms with Gasteiger partial charge < -0.3 is 39.9 Å². The Morgan fingerprint density at radius 3 is 0.952 bits per heavy atom. The van der Waals surface area contributed by atoms with Crippen LogP contribution >= 0.6 is 8.60 Å².